The van der Waals surface area contributed by atoms with Gasteiger partial charge in [0, 0.05) is 10.4 Å². The Balaban J connectivity index is 2.15. The molecule has 0 bridgehead atoms. The van der Waals surface area contributed by atoms with Gasteiger partial charge in [-0.1, -0.05) is 52.7 Å². The van der Waals surface area contributed by atoms with Gasteiger partial charge in [-0.05, 0) is 31.0 Å². The van der Waals surface area contributed by atoms with E-state index in [1.165, 1.54) is 11.3 Å². The molecule has 1 heterocycles. The molecule has 0 atom stereocenters. The van der Waals surface area contributed by atoms with Crippen molar-refractivity contribution in [1.29, 1.82) is 0 Å². The van der Waals surface area contributed by atoms with Gasteiger partial charge in [-0.2, -0.15) is 0 Å². The largest absolute Gasteiger partial charge is 0.296 e. The van der Waals surface area contributed by atoms with E-state index in [1.807, 2.05) is 0 Å². The van der Waals surface area contributed by atoms with Gasteiger partial charge in [-0.25, -0.2) is 0 Å². The molecule has 112 valence electrons. The van der Waals surface area contributed by atoms with E-state index in [0.717, 1.165) is 22.3 Å². The Morgan fingerprint density at radius 1 is 1.38 bits per heavy atom. The lowest BCUT2D eigenvalue weighted by Gasteiger charge is -2.06. The van der Waals surface area contributed by atoms with Gasteiger partial charge in [-0.15, -0.1) is 10.2 Å². The molecule has 2 aromatic rings. The third kappa shape index (κ3) is 4.02. The minimum atomic E-state index is -0.284. The number of halogens is 2. The molecule has 21 heavy (non-hydrogen) atoms. The second-order valence-corrected chi connectivity index (χ2v) is 6.87. The third-order valence-corrected chi connectivity index (χ3v) is 4.99. The summed E-state index contributed by atoms with van der Waals surface area (Å²) in [5.74, 6) is 0.108. The number of aromatic nitrogens is 2. The first-order valence-corrected chi connectivity index (χ1v) is 8.63. The van der Waals surface area contributed by atoms with Crippen molar-refractivity contribution in [3.05, 3.63) is 38.3 Å². The number of carbonyl (C=O) groups excluding carboxylic acids is 1. The average Bonchev–Trinajstić information content (AvgIpc) is 2.91. The lowest BCUT2D eigenvalue weighted by molar-refractivity contribution is 0.102. The molecule has 0 saturated carbocycles. The number of nitrogens with one attached hydrogen (secondary N) is 1. The van der Waals surface area contributed by atoms with E-state index in [-0.39, 0.29) is 5.91 Å². The van der Waals surface area contributed by atoms with Crippen LogP contribution >= 0.6 is 38.9 Å². The van der Waals surface area contributed by atoms with Crippen LogP contribution in [-0.4, -0.2) is 16.1 Å². The van der Waals surface area contributed by atoms with Crippen LogP contribution in [0.25, 0.3) is 0 Å². The summed E-state index contributed by atoms with van der Waals surface area (Å²) in [5.41, 5.74) is 0.408. The number of hydrogen-bond donors (Lipinski definition) is 1. The predicted octanol–water partition coefficient (Wildman–Crippen LogP) is 5.11. The van der Waals surface area contributed by atoms with E-state index in [0.29, 0.717) is 21.6 Å². The highest BCUT2D eigenvalue weighted by Gasteiger charge is 2.16. The van der Waals surface area contributed by atoms with Crippen LogP contribution in [0, 0.1) is 0 Å². The van der Waals surface area contributed by atoms with Crippen LogP contribution in [-0.2, 0) is 0 Å². The van der Waals surface area contributed by atoms with Gasteiger partial charge in [0.15, 0.2) is 0 Å². The molecule has 1 amide bonds. The molecule has 0 fully saturated rings. The number of benzene rings is 1. The summed E-state index contributed by atoms with van der Waals surface area (Å²) in [6.45, 7) is 4.24. The Morgan fingerprint density at radius 2 is 2.10 bits per heavy atom. The molecule has 0 aliphatic rings. The van der Waals surface area contributed by atoms with Crippen molar-refractivity contribution >= 4 is 49.9 Å². The standard InChI is InChI=1S/C14H15BrClN3OS/c1-3-8(4-2)13-18-19-14(21-13)17-12(20)10-7-9(15)5-6-11(10)16/h5-8H,3-4H2,1-2H3,(H,17,19,20). The summed E-state index contributed by atoms with van der Waals surface area (Å²) >= 11 is 10.8. The van der Waals surface area contributed by atoms with Crippen molar-refractivity contribution in [3.63, 3.8) is 0 Å². The first kappa shape index (κ1) is 16.4. The Bertz CT molecular complexity index is 643. The summed E-state index contributed by atoms with van der Waals surface area (Å²) in [4.78, 5) is 12.2. The number of amides is 1. The van der Waals surface area contributed by atoms with E-state index in [9.17, 15) is 4.79 Å². The van der Waals surface area contributed by atoms with E-state index >= 15 is 0 Å². The van der Waals surface area contributed by atoms with Gasteiger partial charge in [-0.3, -0.25) is 10.1 Å². The minimum absolute atomic E-state index is 0.284. The maximum absolute atomic E-state index is 12.2. The zero-order valence-electron chi connectivity index (χ0n) is 11.7. The van der Waals surface area contributed by atoms with Crippen molar-refractivity contribution < 1.29 is 4.79 Å². The van der Waals surface area contributed by atoms with Gasteiger partial charge in [0.2, 0.25) is 5.13 Å². The van der Waals surface area contributed by atoms with Crippen LogP contribution in [0.15, 0.2) is 22.7 Å². The molecule has 0 aliphatic heterocycles. The van der Waals surface area contributed by atoms with Gasteiger partial charge < -0.3 is 0 Å². The van der Waals surface area contributed by atoms with Gasteiger partial charge >= 0.3 is 0 Å². The summed E-state index contributed by atoms with van der Waals surface area (Å²) in [7, 11) is 0. The third-order valence-electron chi connectivity index (χ3n) is 3.17. The molecule has 4 nitrogen and oxygen atoms in total. The van der Waals surface area contributed by atoms with Crippen LogP contribution in [0.5, 0.6) is 0 Å². The van der Waals surface area contributed by atoms with Crippen molar-refractivity contribution in [3.8, 4) is 0 Å². The molecule has 0 saturated heterocycles. The summed E-state index contributed by atoms with van der Waals surface area (Å²) in [6.07, 6.45) is 2.02. The van der Waals surface area contributed by atoms with Crippen LogP contribution in [0.3, 0.4) is 0 Å². The lowest BCUT2D eigenvalue weighted by atomic mass is 10.1. The molecular formula is C14H15BrClN3OS. The van der Waals surface area contributed by atoms with Crippen LogP contribution in [0.2, 0.25) is 5.02 Å². The van der Waals surface area contributed by atoms with Crippen molar-refractivity contribution in [1.82, 2.24) is 10.2 Å². The highest BCUT2D eigenvalue weighted by molar-refractivity contribution is 9.10. The van der Waals surface area contributed by atoms with Crippen LogP contribution in [0.4, 0.5) is 5.13 Å². The molecule has 1 N–H and O–H groups in total. The minimum Gasteiger partial charge on any atom is -0.296 e. The summed E-state index contributed by atoms with van der Waals surface area (Å²) < 4.78 is 0.798. The second kappa shape index (κ2) is 7.33. The van der Waals surface area contributed by atoms with Crippen LogP contribution in [0.1, 0.15) is 48.0 Å². The van der Waals surface area contributed by atoms with Crippen molar-refractivity contribution in [2.75, 3.05) is 5.32 Å². The maximum atomic E-state index is 12.2. The molecule has 0 aliphatic carbocycles. The number of nitrogens with zero attached hydrogens (tertiary/aromatic N) is 2. The number of carbonyl (C=O) groups is 1. The second-order valence-electron chi connectivity index (χ2n) is 4.54. The first-order chi connectivity index (χ1) is 10.0. The number of rotatable bonds is 5. The van der Waals surface area contributed by atoms with Gasteiger partial charge in [0.1, 0.15) is 5.01 Å². The fraction of sp³-hybridized carbons (Fsp3) is 0.357. The Labute approximate surface area is 141 Å². The van der Waals surface area contributed by atoms with Gasteiger partial charge in [0.05, 0.1) is 10.6 Å². The zero-order chi connectivity index (χ0) is 15.4. The predicted molar refractivity (Wildman–Crippen MR) is 90.3 cm³/mol. The quantitative estimate of drug-likeness (QED) is 0.774. The molecule has 0 spiro atoms. The fourth-order valence-corrected chi connectivity index (χ4v) is 3.49. The molecule has 7 heteroatoms. The SMILES string of the molecule is CCC(CC)c1nnc(NC(=O)c2cc(Br)ccc2Cl)s1. The van der Waals surface area contributed by atoms with Crippen molar-refractivity contribution in [2.45, 2.75) is 32.6 Å². The monoisotopic (exact) mass is 387 g/mol. The number of anilines is 1. The zero-order valence-corrected chi connectivity index (χ0v) is 14.8. The van der Waals surface area contributed by atoms with E-state index in [4.69, 9.17) is 11.6 Å². The van der Waals surface area contributed by atoms with Crippen LogP contribution < -0.4 is 5.32 Å². The molecule has 0 radical (unpaired) electrons. The maximum Gasteiger partial charge on any atom is 0.259 e. The van der Waals surface area contributed by atoms with E-state index in [1.54, 1.807) is 18.2 Å². The molecule has 2 rings (SSSR count). The summed E-state index contributed by atoms with van der Waals surface area (Å²) in [5, 5.41) is 12.8. The van der Waals surface area contributed by atoms with Crippen molar-refractivity contribution in [2.24, 2.45) is 0 Å². The smallest absolute Gasteiger partial charge is 0.259 e. The average molecular weight is 389 g/mol. The lowest BCUT2D eigenvalue weighted by Crippen LogP contribution is -2.12. The normalized spacial score (nSPS) is 10.9. The highest BCUT2D eigenvalue weighted by atomic mass is 79.9. The highest BCUT2D eigenvalue weighted by Crippen LogP contribution is 2.29. The molecule has 1 aromatic carbocycles. The Morgan fingerprint density at radius 3 is 2.76 bits per heavy atom. The van der Waals surface area contributed by atoms with E-state index < -0.39 is 0 Å². The topological polar surface area (TPSA) is 54.9 Å². The van der Waals surface area contributed by atoms with Gasteiger partial charge in [0.25, 0.3) is 5.91 Å². The molecule has 1 aromatic heterocycles. The number of hydrogen-bond acceptors (Lipinski definition) is 4. The molecular weight excluding hydrogens is 374 g/mol. The van der Waals surface area contributed by atoms with E-state index in [2.05, 4.69) is 45.3 Å². The first-order valence-electron chi connectivity index (χ1n) is 6.64. The Hall–Kier alpha value is -0.980. The fourth-order valence-electron chi connectivity index (χ4n) is 1.92. The summed E-state index contributed by atoms with van der Waals surface area (Å²) in [6, 6.07) is 5.14. The Kier molecular flexibility index (Phi) is 5.72. The molecule has 0 unspecified atom stereocenters.